The smallest absolute Gasteiger partial charge is 0.242 e. The second-order valence-corrected chi connectivity index (χ2v) is 9.46. The highest BCUT2D eigenvalue weighted by atomic mass is 16.5. The van der Waals surface area contributed by atoms with Crippen molar-refractivity contribution >= 4 is 17.6 Å². The number of carbonyl (C=O) groups is 2. The maximum Gasteiger partial charge on any atom is 0.242 e. The summed E-state index contributed by atoms with van der Waals surface area (Å²) in [5.74, 6) is 2.40. The minimum atomic E-state index is 0.0351. The number of hydrogen-bond acceptors (Lipinski definition) is 7. The van der Waals surface area contributed by atoms with E-state index in [1.165, 1.54) is 0 Å². The molecule has 1 aromatic heterocycles. The molecule has 9 heteroatoms. The minimum Gasteiger partial charge on any atom is -0.493 e. The Kier molecular flexibility index (Phi) is 8.61. The molecule has 1 aromatic carbocycles. The summed E-state index contributed by atoms with van der Waals surface area (Å²) < 4.78 is 10.7. The average molecular weight is 496 g/mol. The van der Waals surface area contributed by atoms with Gasteiger partial charge in [0.15, 0.2) is 17.3 Å². The summed E-state index contributed by atoms with van der Waals surface area (Å²) in [5, 5.41) is 8.90. The molecule has 0 atom stereocenters. The van der Waals surface area contributed by atoms with Gasteiger partial charge < -0.3 is 24.2 Å². The van der Waals surface area contributed by atoms with Crippen LogP contribution in [-0.2, 0) is 9.59 Å². The number of nitrogens with zero attached hydrogens (tertiary/aromatic N) is 5. The number of methoxy groups -OCH3 is 2. The van der Waals surface area contributed by atoms with Crippen molar-refractivity contribution in [1.82, 2.24) is 20.0 Å². The molecular weight excluding hydrogens is 458 g/mol. The summed E-state index contributed by atoms with van der Waals surface area (Å²) in [5.41, 5.74) is 1.64. The average Bonchev–Trinajstić information content (AvgIpc) is 3.13. The van der Waals surface area contributed by atoms with E-state index >= 15 is 0 Å². The topological polar surface area (TPSA) is 88.1 Å². The van der Waals surface area contributed by atoms with E-state index in [4.69, 9.17) is 9.47 Å². The number of carbonyl (C=O) groups excluding carboxylic acids is 2. The maximum absolute atomic E-state index is 13.1. The van der Waals surface area contributed by atoms with Gasteiger partial charge in [-0.05, 0) is 56.0 Å². The Morgan fingerprint density at radius 1 is 0.972 bits per heavy atom. The van der Waals surface area contributed by atoms with Gasteiger partial charge in [0.2, 0.25) is 11.8 Å². The minimum absolute atomic E-state index is 0.0351. The number of benzene rings is 1. The second-order valence-electron chi connectivity index (χ2n) is 9.46. The normalized spacial score (nSPS) is 16.2. The van der Waals surface area contributed by atoms with Crippen molar-refractivity contribution in [2.75, 3.05) is 58.4 Å². The van der Waals surface area contributed by atoms with Gasteiger partial charge in [-0.1, -0.05) is 13.3 Å². The highest BCUT2D eigenvalue weighted by molar-refractivity contribution is 5.86. The largest absolute Gasteiger partial charge is 0.493 e. The summed E-state index contributed by atoms with van der Waals surface area (Å²) in [7, 11) is 3.22. The molecule has 1 aliphatic heterocycles. The Morgan fingerprint density at radius 2 is 1.78 bits per heavy atom. The molecule has 0 spiro atoms. The number of hydrogen-bond donors (Lipinski definition) is 0. The van der Waals surface area contributed by atoms with Crippen LogP contribution < -0.4 is 14.4 Å². The highest BCUT2D eigenvalue weighted by Gasteiger charge is 2.31. The zero-order valence-electron chi connectivity index (χ0n) is 21.6. The Labute approximate surface area is 213 Å². The van der Waals surface area contributed by atoms with E-state index in [0.717, 1.165) is 55.7 Å². The van der Waals surface area contributed by atoms with Gasteiger partial charge in [-0.2, -0.15) is 0 Å². The first-order valence-electron chi connectivity index (χ1n) is 12.9. The number of anilines is 1. The first kappa shape index (κ1) is 25.7. The summed E-state index contributed by atoms with van der Waals surface area (Å²) in [6.07, 6.45) is 4.73. The van der Waals surface area contributed by atoms with Crippen LogP contribution in [0.3, 0.4) is 0 Å². The Morgan fingerprint density at radius 3 is 2.42 bits per heavy atom. The van der Waals surface area contributed by atoms with E-state index in [1.807, 2.05) is 42.2 Å². The third-order valence-corrected chi connectivity index (χ3v) is 7.09. The fourth-order valence-corrected chi connectivity index (χ4v) is 4.75. The fourth-order valence-electron chi connectivity index (χ4n) is 4.75. The molecule has 2 amide bonds. The lowest BCUT2D eigenvalue weighted by atomic mass is 9.84. The van der Waals surface area contributed by atoms with E-state index in [9.17, 15) is 9.59 Å². The van der Waals surface area contributed by atoms with Gasteiger partial charge >= 0.3 is 0 Å². The SMILES string of the molecule is CCCN(CC(=O)N1CCCN(c2ccc(-c3ccc(OC)c(OC)c3)nn2)CC1)C(=O)C1CCC1. The van der Waals surface area contributed by atoms with Crippen molar-refractivity contribution in [3.63, 3.8) is 0 Å². The van der Waals surface area contributed by atoms with E-state index in [-0.39, 0.29) is 24.3 Å². The monoisotopic (exact) mass is 495 g/mol. The third kappa shape index (κ3) is 5.88. The van der Waals surface area contributed by atoms with Gasteiger partial charge in [0.05, 0.1) is 26.5 Å². The molecule has 194 valence electrons. The van der Waals surface area contributed by atoms with Crippen LogP contribution in [0.2, 0.25) is 0 Å². The van der Waals surface area contributed by atoms with Crippen molar-refractivity contribution in [3.8, 4) is 22.8 Å². The standard InChI is InChI=1S/C27H37N5O4/c1-4-13-32(27(34)20-7-5-8-20)19-26(33)31-15-6-14-30(16-17-31)25-12-10-22(28-29-25)21-9-11-23(35-2)24(18-21)36-3/h9-12,18,20H,4-8,13-17,19H2,1-3H3. The first-order chi connectivity index (χ1) is 17.5. The van der Waals surface area contributed by atoms with E-state index < -0.39 is 0 Å². The van der Waals surface area contributed by atoms with Crippen molar-refractivity contribution in [3.05, 3.63) is 30.3 Å². The molecule has 2 aromatic rings. The molecule has 0 radical (unpaired) electrons. The zero-order chi connectivity index (χ0) is 25.5. The Bertz CT molecular complexity index is 1040. The molecule has 1 saturated heterocycles. The summed E-state index contributed by atoms with van der Waals surface area (Å²) in [6, 6.07) is 9.59. The van der Waals surface area contributed by atoms with E-state index in [1.54, 1.807) is 19.1 Å². The Hall–Kier alpha value is -3.36. The fraction of sp³-hybridized carbons (Fsp3) is 0.556. The molecule has 4 rings (SSSR count). The van der Waals surface area contributed by atoms with Crippen LogP contribution >= 0.6 is 0 Å². The van der Waals surface area contributed by atoms with Gasteiger partial charge in [0.25, 0.3) is 0 Å². The molecule has 0 unspecified atom stereocenters. The van der Waals surface area contributed by atoms with Crippen molar-refractivity contribution in [1.29, 1.82) is 0 Å². The lowest BCUT2D eigenvalue weighted by Crippen LogP contribution is -2.47. The van der Waals surface area contributed by atoms with E-state index in [2.05, 4.69) is 15.1 Å². The lowest BCUT2D eigenvalue weighted by Gasteiger charge is -2.32. The van der Waals surface area contributed by atoms with Gasteiger partial charge in [0.1, 0.15) is 0 Å². The Balaban J connectivity index is 1.36. The molecule has 0 bridgehead atoms. The summed E-state index contributed by atoms with van der Waals surface area (Å²) in [4.78, 5) is 31.7. The molecule has 2 fully saturated rings. The zero-order valence-corrected chi connectivity index (χ0v) is 21.6. The van der Waals surface area contributed by atoms with Crippen LogP contribution in [0.1, 0.15) is 39.0 Å². The number of ether oxygens (including phenoxy) is 2. The van der Waals surface area contributed by atoms with Gasteiger partial charge in [0, 0.05) is 44.2 Å². The van der Waals surface area contributed by atoms with Crippen LogP contribution in [-0.4, -0.2) is 85.3 Å². The predicted octanol–water partition coefficient (Wildman–Crippen LogP) is 3.24. The molecule has 0 N–H and O–H groups in total. The quantitative estimate of drug-likeness (QED) is 0.528. The highest BCUT2D eigenvalue weighted by Crippen LogP contribution is 2.32. The van der Waals surface area contributed by atoms with Gasteiger partial charge in [-0.15, -0.1) is 10.2 Å². The van der Waals surface area contributed by atoms with Gasteiger partial charge in [-0.25, -0.2) is 0 Å². The molecule has 1 saturated carbocycles. The summed E-state index contributed by atoms with van der Waals surface area (Å²) >= 11 is 0. The van der Waals surface area contributed by atoms with Crippen molar-refractivity contribution in [2.45, 2.75) is 39.0 Å². The van der Waals surface area contributed by atoms with E-state index in [0.29, 0.717) is 37.7 Å². The van der Waals surface area contributed by atoms with Crippen LogP contribution in [0.25, 0.3) is 11.3 Å². The maximum atomic E-state index is 13.1. The summed E-state index contributed by atoms with van der Waals surface area (Å²) in [6.45, 7) is 5.65. The van der Waals surface area contributed by atoms with Crippen LogP contribution in [0.15, 0.2) is 30.3 Å². The third-order valence-electron chi connectivity index (χ3n) is 7.09. The molecule has 1 aliphatic carbocycles. The lowest BCUT2D eigenvalue weighted by molar-refractivity contribution is -0.144. The van der Waals surface area contributed by atoms with Crippen LogP contribution in [0.4, 0.5) is 5.82 Å². The van der Waals surface area contributed by atoms with Gasteiger partial charge in [-0.3, -0.25) is 9.59 Å². The first-order valence-corrected chi connectivity index (χ1v) is 12.9. The number of aromatic nitrogens is 2. The van der Waals surface area contributed by atoms with Crippen molar-refractivity contribution in [2.24, 2.45) is 5.92 Å². The molecule has 9 nitrogen and oxygen atoms in total. The van der Waals surface area contributed by atoms with Crippen molar-refractivity contribution < 1.29 is 19.1 Å². The number of rotatable bonds is 9. The second kappa shape index (κ2) is 12.1. The molecule has 2 heterocycles. The molecule has 36 heavy (non-hydrogen) atoms. The molecular formula is C27H37N5O4. The predicted molar refractivity (Wildman–Crippen MR) is 138 cm³/mol. The van der Waals surface area contributed by atoms with Crippen LogP contribution in [0, 0.1) is 5.92 Å². The van der Waals surface area contributed by atoms with Crippen LogP contribution in [0.5, 0.6) is 11.5 Å². The number of amides is 2. The molecule has 2 aliphatic rings.